The Balaban J connectivity index is 2.64. The van der Waals surface area contributed by atoms with E-state index in [1.807, 2.05) is 6.92 Å². The van der Waals surface area contributed by atoms with Crippen LogP contribution in [0, 0.1) is 17.3 Å². The molecule has 2 heteroatoms. The number of carbonyl (C=O) groups is 1. The van der Waals surface area contributed by atoms with Crippen LogP contribution >= 0.6 is 0 Å². The van der Waals surface area contributed by atoms with Crippen LogP contribution in [0.25, 0.3) is 0 Å². The lowest BCUT2D eigenvalue weighted by Crippen LogP contribution is -2.45. The van der Waals surface area contributed by atoms with Crippen molar-refractivity contribution < 1.29 is 9.53 Å². The van der Waals surface area contributed by atoms with Crippen LogP contribution in [0.1, 0.15) is 54.4 Å². The summed E-state index contributed by atoms with van der Waals surface area (Å²) in [4.78, 5) is 11.5. The van der Waals surface area contributed by atoms with E-state index in [-0.39, 0.29) is 11.4 Å². The predicted molar refractivity (Wildman–Crippen MR) is 79.8 cm³/mol. The van der Waals surface area contributed by atoms with E-state index >= 15 is 0 Å². The van der Waals surface area contributed by atoms with Gasteiger partial charge >= 0.3 is 5.97 Å². The van der Waals surface area contributed by atoms with Crippen molar-refractivity contribution in [1.29, 1.82) is 0 Å². The minimum atomic E-state index is -0.205. The van der Waals surface area contributed by atoms with Crippen LogP contribution < -0.4 is 0 Å². The molecule has 1 saturated carbocycles. The number of hydrogen-bond acceptors (Lipinski definition) is 2. The highest BCUT2D eigenvalue weighted by Crippen LogP contribution is 2.55. The topological polar surface area (TPSA) is 26.3 Å². The highest BCUT2D eigenvalue weighted by molar-refractivity contribution is 5.82. The Labute approximate surface area is 117 Å². The molecule has 1 rings (SSSR count). The monoisotopic (exact) mass is 264 g/mol. The van der Waals surface area contributed by atoms with Crippen LogP contribution in [0.3, 0.4) is 0 Å². The number of esters is 1. The maximum absolute atomic E-state index is 11.5. The van der Waals surface area contributed by atoms with E-state index in [4.69, 9.17) is 4.74 Å². The highest BCUT2D eigenvalue weighted by Gasteiger charge is 2.47. The third-order valence-electron chi connectivity index (χ3n) is 4.46. The molecular formula is C17H28O2. The molecule has 0 saturated heterocycles. The Morgan fingerprint density at radius 1 is 1.32 bits per heavy atom. The minimum Gasteiger partial charge on any atom is -0.463 e. The van der Waals surface area contributed by atoms with Gasteiger partial charge in [-0.1, -0.05) is 31.1 Å². The van der Waals surface area contributed by atoms with Crippen LogP contribution in [-0.4, -0.2) is 12.6 Å². The maximum Gasteiger partial charge on any atom is 0.330 e. The van der Waals surface area contributed by atoms with Crippen LogP contribution in [-0.2, 0) is 9.53 Å². The molecule has 19 heavy (non-hydrogen) atoms. The van der Waals surface area contributed by atoms with E-state index in [2.05, 4.69) is 40.7 Å². The first kappa shape index (κ1) is 16.0. The average molecular weight is 264 g/mol. The summed E-state index contributed by atoms with van der Waals surface area (Å²) in [7, 11) is 0. The van der Waals surface area contributed by atoms with E-state index in [0.717, 1.165) is 17.9 Å². The summed E-state index contributed by atoms with van der Waals surface area (Å²) in [5.74, 6) is 1.02. The molecule has 1 fully saturated rings. The highest BCUT2D eigenvalue weighted by atomic mass is 16.5. The Morgan fingerprint density at radius 3 is 2.42 bits per heavy atom. The van der Waals surface area contributed by atoms with Gasteiger partial charge in [0.2, 0.25) is 0 Å². The number of ether oxygens (including phenoxy) is 1. The summed E-state index contributed by atoms with van der Waals surface area (Å²) in [6.45, 7) is 13.3. The van der Waals surface area contributed by atoms with Gasteiger partial charge in [0.1, 0.15) is 0 Å². The molecule has 0 aromatic carbocycles. The molecule has 0 bridgehead atoms. The molecule has 108 valence electrons. The fourth-order valence-electron chi connectivity index (χ4n) is 3.04. The van der Waals surface area contributed by atoms with Crippen LogP contribution in [0.15, 0.2) is 23.3 Å². The van der Waals surface area contributed by atoms with Crippen LogP contribution in [0.5, 0.6) is 0 Å². The van der Waals surface area contributed by atoms with Crippen molar-refractivity contribution in [1.82, 2.24) is 0 Å². The normalized spacial score (nSPS) is 25.5. The number of allylic oxidation sites excluding steroid dienone is 3. The van der Waals surface area contributed by atoms with Gasteiger partial charge in [0, 0.05) is 6.08 Å². The van der Waals surface area contributed by atoms with E-state index in [1.165, 1.54) is 12.0 Å². The Bertz CT molecular complexity index is 384. The van der Waals surface area contributed by atoms with Gasteiger partial charge < -0.3 is 4.74 Å². The lowest BCUT2D eigenvalue weighted by molar-refractivity contribution is -0.137. The van der Waals surface area contributed by atoms with Gasteiger partial charge in [-0.05, 0) is 57.8 Å². The fraction of sp³-hybridized carbons (Fsp3) is 0.706. The molecule has 0 N–H and O–H groups in total. The molecular weight excluding hydrogens is 236 g/mol. The summed E-state index contributed by atoms with van der Waals surface area (Å²) < 4.78 is 4.98. The van der Waals surface area contributed by atoms with Crippen molar-refractivity contribution in [3.05, 3.63) is 23.3 Å². The van der Waals surface area contributed by atoms with Crippen LogP contribution in [0.2, 0.25) is 0 Å². The molecule has 1 aliphatic carbocycles. The van der Waals surface area contributed by atoms with Gasteiger partial charge in [-0.3, -0.25) is 0 Å². The molecule has 0 heterocycles. The average Bonchev–Trinajstić information content (AvgIpc) is 2.27. The summed E-state index contributed by atoms with van der Waals surface area (Å²) in [6, 6.07) is 0. The third-order valence-corrected chi connectivity index (χ3v) is 4.46. The lowest BCUT2D eigenvalue weighted by Gasteiger charge is -2.53. The zero-order valence-electron chi connectivity index (χ0n) is 13.2. The van der Waals surface area contributed by atoms with Gasteiger partial charge in [-0.15, -0.1) is 0 Å². The molecule has 2 nitrogen and oxygen atoms in total. The van der Waals surface area contributed by atoms with E-state index in [9.17, 15) is 4.79 Å². The fourth-order valence-corrected chi connectivity index (χ4v) is 3.04. The van der Waals surface area contributed by atoms with E-state index < -0.39 is 0 Å². The second-order valence-electron chi connectivity index (χ2n) is 6.46. The van der Waals surface area contributed by atoms with E-state index in [1.54, 1.807) is 6.08 Å². The second-order valence-corrected chi connectivity index (χ2v) is 6.46. The summed E-state index contributed by atoms with van der Waals surface area (Å²) in [5, 5.41) is 0. The minimum absolute atomic E-state index is 0.205. The van der Waals surface area contributed by atoms with Gasteiger partial charge in [-0.25, -0.2) is 4.79 Å². The number of hydrogen-bond donors (Lipinski definition) is 0. The van der Waals surface area contributed by atoms with Crippen LogP contribution in [0.4, 0.5) is 0 Å². The summed E-state index contributed by atoms with van der Waals surface area (Å²) in [6.07, 6.45) is 6.33. The van der Waals surface area contributed by atoms with Crippen molar-refractivity contribution in [2.24, 2.45) is 17.3 Å². The Kier molecular flexibility index (Phi) is 5.39. The van der Waals surface area contributed by atoms with Gasteiger partial charge in [0.05, 0.1) is 6.61 Å². The first-order valence-corrected chi connectivity index (χ1v) is 7.27. The zero-order chi connectivity index (χ0) is 14.6. The van der Waals surface area contributed by atoms with Gasteiger partial charge in [-0.2, -0.15) is 0 Å². The Morgan fingerprint density at radius 2 is 1.95 bits per heavy atom. The van der Waals surface area contributed by atoms with Crippen molar-refractivity contribution in [3.8, 4) is 0 Å². The quantitative estimate of drug-likeness (QED) is 0.415. The van der Waals surface area contributed by atoms with Crippen molar-refractivity contribution in [2.45, 2.75) is 54.4 Å². The largest absolute Gasteiger partial charge is 0.463 e. The molecule has 0 spiro atoms. The summed E-state index contributed by atoms with van der Waals surface area (Å²) >= 11 is 0. The first-order valence-electron chi connectivity index (χ1n) is 7.27. The molecule has 0 unspecified atom stereocenters. The van der Waals surface area contributed by atoms with Crippen molar-refractivity contribution in [3.63, 3.8) is 0 Å². The predicted octanol–water partition coefficient (Wildman–Crippen LogP) is 4.51. The first-order chi connectivity index (χ1) is 8.78. The van der Waals surface area contributed by atoms with Gasteiger partial charge in [0.25, 0.3) is 0 Å². The lowest BCUT2D eigenvalue weighted by atomic mass is 9.52. The second kappa shape index (κ2) is 6.40. The summed E-state index contributed by atoms with van der Waals surface area (Å²) in [5.41, 5.74) is 2.83. The third kappa shape index (κ3) is 3.95. The SMILES string of the molecule is CCOC(=O)/C=C(/C)[C@@H]1C[C@H](CC=C(C)C)C1(C)C. The smallest absolute Gasteiger partial charge is 0.330 e. The molecule has 1 aliphatic rings. The van der Waals surface area contributed by atoms with E-state index in [0.29, 0.717) is 12.5 Å². The molecule has 0 aromatic heterocycles. The molecule has 0 amide bonds. The maximum atomic E-state index is 11.5. The molecule has 2 atom stereocenters. The van der Waals surface area contributed by atoms with Gasteiger partial charge in [0.15, 0.2) is 0 Å². The standard InChI is InChI=1S/C17H28O2/c1-7-19-16(18)10-13(4)15-11-14(17(15,5)6)9-8-12(2)3/h8,10,14-15H,7,9,11H2,1-6H3/b13-10-/t14-,15-/m0/s1. The molecule has 0 radical (unpaired) electrons. The van der Waals surface area contributed by atoms with Crippen molar-refractivity contribution >= 4 is 5.97 Å². The number of carbonyl (C=O) groups excluding carboxylic acids is 1. The Hall–Kier alpha value is -1.05. The van der Waals surface area contributed by atoms with Crippen molar-refractivity contribution in [2.75, 3.05) is 6.61 Å². The molecule has 0 aliphatic heterocycles. The molecule has 0 aromatic rings. The zero-order valence-corrected chi connectivity index (χ0v) is 13.2. The number of rotatable bonds is 5.